The number of alkyl halides is 1. The van der Waals surface area contributed by atoms with Crippen LogP contribution in [0.4, 0.5) is 0 Å². The van der Waals surface area contributed by atoms with Crippen LogP contribution in [0.15, 0.2) is 0 Å². The van der Waals surface area contributed by atoms with Crippen molar-refractivity contribution in [2.24, 2.45) is 0 Å². The predicted octanol–water partition coefficient (Wildman–Crippen LogP) is 2.42. The fourth-order valence-electron chi connectivity index (χ4n) is 0.642. The van der Waals surface area contributed by atoms with E-state index in [-0.39, 0.29) is 0 Å². The van der Waals surface area contributed by atoms with Crippen LogP contribution in [-0.2, 0) is 0 Å². The molecule has 1 aliphatic heterocycles. The summed E-state index contributed by atoms with van der Waals surface area (Å²) in [4.78, 5) is 0. The highest BCUT2D eigenvalue weighted by molar-refractivity contribution is 8.20. The van der Waals surface area contributed by atoms with Crippen molar-refractivity contribution >= 4 is 35.1 Å². The molecule has 0 amide bonds. The number of halogens is 1. The molecular formula is C5H9ClS2. The van der Waals surface area contributed by atoms with Gasteiger partial charge in [-0.15, -0.1) is 35.1 Å². The van der Waals surface area contributed by atoms with Crippen molar-refractivity contribution in [2.45, 2.75) is 16.9 Å². The van der Waals surface area contributed by atoms with E-state index in [0.717, 1.165) is 0 Å². The molecule has 0 bridgehead atoms. The molecule has 0 saturated carbocycles. The highest BCUT2D eigenvalue weighted by Crippen LogP contribution is 2.35. The van der Waals surface area contributed by atoms with Crippen molar-refractivity contribution in [3.63, 3.8) is 0 Å². The maximum Gasteiger partial charge on any atom is 0.0663 e. The molecule has 0 N–H and O–H groups in total. The van der Waals surface area contributed by atoms with Gasteiger partial charge in [0.1, 0.15) is 0 Å². The first kappa shape index (κ1) is 7.10. The average molecular weight is 169 g/mol. The van der Waals surface area contributed by atoms with Crippen molar-refractivity contribution in [1.29, 1.82) is 0 Å². The van der Waals surface area contributed by atoms with Gasteiger partial charge in [0, 0.05) is 11.5 Å². The molecule has 8 heavy (non-hydrogen) atoms. The van der Waals surface area contributed by atoms with Crippen LogP contribution in [0.1, 0.15) is 6.92 Å². The smallest absolute Gasteiger partial charge is 0.0663 e. The van der Waals surface area contributed by atoms with Gasteiger partial charge in [0.2, 0.25) is 0 Å². The van der Waals surface area contributed by atoms with Crippen LogP contribution in [0.3, 0.4) is 0 Å². The summed E-state index contributed by atoms with van der Waals surface area (Å²) in [5, 5.41) is 0.340. The first-order chi connectivity index (χ1) is 3.80. The summed E-state index contributed by atoms with van der Waals surface area (Å²) >= 11 is 9.81. The Hall–Kier alpha value is 0.990. The van der Waals surface area contributed by atoms with E-state index >= 15 is 0 Å². The molecule has 48 valence electrons. The molecular weight excluding hydrogens is 160 g/mol. The third-order valence-corrected chi connectivity index (χ3v) is 5.00. The summed E-state index contributed by atoms with van der Waals surface area (Å²) in [5.41, 5.74) is 0. The van der Waals surface area contributed by atoms with E-state index in [9.17, 15) is 0 Å². The third kappa shape index (κ3) is 1.74. The van der Waals surface area contributed by atoms with Crippen LogP contribution in [0.25, 0.3) is 0 Å². The van der Waals surface area contributed by atoms with E-state index in [0.29, 0.717) is 9.96 Å². The van der Waals surface area contributed by atoms with Crippen molar-refractivity contribution in [3.05, 3.63) is 0 Å². The van der Waals surface area contributed by atoms with Crippen LogP contribution in [0.5, 0.6) is 0 Å². The normalized spacial score (nSPS) is 26.2. The highest BCUT2D eigenvalue weighted by atomic mass is 35.5. The molecule has 1 unspecified atom stereocenters. The second-order valence-corrected chi connectivity index (χ2v) is 5.27. The average Bonchev–Trinajstić information content (AvgIpc) is 2.12. The zero-order chi connectivity index (χ0) is 5.98. The lowest BCUT2D eigenvalue weighted by Gasteiger charge is -2.07. The molecule has 3 heteroatoms. The first-order valence-electron chi connectivity index (χ1n) is 2.68. The molecule has 0 aromatic rings. The first-order valence-corrected chi connectivity index (χ1v) is 5.21. The number of hydrogen-bond acceptors (Lipinski definition) is 2. The Morgan fingerprint density at radius 1 is 1.50 bits per heavy atom. The van der Waals surface area contributed by atoms with E-state index in [1.807, 2.05) is 23.5 Å². The van der Waals surface area contributed by atoms with Gasteiger partial charge >= 0.3 is 0 Å². The quantitative estimate of drug-likeness (QED) is 0.552. The van der Waals surface area contributed by atoms with Crippen LogP contribution in [0, 0.1) is 0 Å². The van der Waals surface area contributed by atoms with Crippen molar-refractivity contribution in [2.75, 3.05) is 11.5 Å². The number of hydrogen-bond donors (Lipinski definition) is 0. The van der Waals surface area contributed by atoms with Gasteiger partial charge in [0.15, 0.2) is 0 Å². The zero-order valence-corrected chi connectivity index (χ0v) is 7.15. The minimum absolute atomic E-state index is 0.340. The van der Waals surface area contributed by atoms with Gasteiger partial charge in [-0.2, -0.15) is 0 Å². The Bertz CT molecular complexity index is 68.8. The Morgan fingerprint density at radius 3 is 2.25 bits per heavy atom. The van der Waals surface area contributed by atoms with E-state index in [1.165, 1.54) is 11.5 Å². The minimum Gasteiger partial charge on any atom is -0.145 e. The van der Waals surface area contributed by atoms with Crippen molar-refractivity contribution in [3.8, 4) is 0 Å². The number of thioether (sulfide) groups is 2. The second-order valence-electron chi connectivity index (χ2n) is 1.79. The lowest BCUT2D eigenvalue weighted by Crippen LogP contribution is -2.04. The third-order valence-electron chi connectivity index (χ3n) is 1.02. The van der Waals surface area contributed by atoms with E-state index in [4.69, 9.17) is 11.6 Å². The van der Waals surface area contributed by atoms with Crippen LogP contribution in [0.2, 0.25) is 0 Å². The zero-order valence-electron chi connectivity index (χ0n) is 4.76. The van der Waals surface area contributed by atoms with Gasteiger partial charge in [0.05, 0.1) is 9.96 Å². The maximum atomic E-state index is 5.84. The lowest BCUT2D eigenvalue weighted by atomic mass is 10.6. The van der Waals surface area contributed by atoms with E-state index < -0.39 is 0 Å². The molecule has 1 rings (SSSR count). The molecule has 1 atom stereocenters. The van der Waals surface area contributed by atoms with Crippen molar-refractivity contribution in [1.82, 2.24) is 0 Å². The summed E-state index contributed by atoms with van der Waals surface area (Å²) in [6.45, 7) is 2.07. The van der Waals surface area contributed by atoms with E-state index in [1.54, 1.807) is 0 Å². The van der Waals surface area contributed by atoms with Gasteiger partial charge < -0.3 is 0 Å². The highest BCUT2D eigenvalue weighted by Gasteiger charge is 2.20. The summed E-state index contributed by atoms with van der Waals surface area (Å²) < 4.78 is 0.664. The molecule has 0 nitrogen and oxygen atoms in total. The second kappa shape index (κ2) is 3.23. The van der Waals surface area contributed by atoms with E-state index in [2.05, 4.69) is 6.92 Å². The summed E-state index contributed by atoms with van der Waals surface area (Å²) in [7, 11) is 0. The summed E-state index contributed by atoms with van der Waals surface area (Å²) in [6, 6.07) is 0. The lowest BCUT2D eigenvalue weighted by molar-refractivity contribution is 1.07. The Kier molecular flexibility index (Phi) is 2.87. The summed E-state index contributed by atoms with van der Waals surface area (Å²) in [6.07, 6.45) is 0. The van der Waals surface area contributed by atoms with Gasteiger partial charge in [0.25, 0.3) is 0 Å². The molecule has 0 radical (unpaired) electrons. The fourth-order valence-corrected chi connectivity index (χ4v) is 3.81. The maximum absolute atomic E-state index is 5.84. The molecule has 0 aliphatic carbocycles. The topological polar surface area (TPSA) is 0 Å². The van der Waals surface area contributed by atoms with Crippen LogP contribution < -0.4 is 0 Å². The standard InChI is InChI=1S/C5H9ClS2/c1-4(6)5-7-2-3-8-5/h4-5H,2-3H2,1H3. The summed E-state index contributed by atoms with van der Waals surface area (Å²) in [5.74, 6) is 2.57. The van der Waals surface area contributed by atoms with Crippen molar-refractivity contribution < 1.29 is 0 Å². The van der Waals surface area contributed by atoms with Gasteiger partial charge in [-0.25, -0.2) is 0 Å². The predicted molar refractivity (Wildman–Crippen MR) is 44.0 cm³/mol. The SMILES string of the molecule is CC(Cl)C1SCCS1. The van der Waals surface area contributed by atoms with Crippen LogP contribution in [-0.4, -0.2) is 21.5 Å². The molecule has 0 spiro atoms. The Balaban J connectivity index is 2.24. The minimum atomic E-state index is 0.340. The molecule has 1 aliphatic rings. The largest absolute Gasteiger partial charge is 0.145 e. The fraction of sp³-hybridized carbons (Fsp3) is 1.00. The molecule has 1 fully saturated rings. The monoisotopic (exact) mass is 168 g/mol. The van der Waals surface area contributed by atoms with Gasteiger partial charge in [-0.1, -0.05) is 0 Å². The molecule has 1 heterocycles. The molecule has 0 aromatic carbocycles. The van der Waals surface area contributed by atoms with Gasteiger partial charge in [-0.3, -0.25) is 0 Å². The molecule has 0 aromatic heterocycles. The Labute approximate surface area is 63.7 Å². The van der Waals surface area contributed by atoms with Gasteiger partial charge in [-0.05, 0) is 6.92 Å². The number of rotatable bonds is 1. The molecule has 1 saturated heterocycles. The Morgan fingerprint density at radius 2 is 2.00 bits per heavy atom. The van der Waals surface area contributed by atoms with Crippen LogP contribution >= 0.6 is 35.1 Å².